The molecule has 1 atom stereocenters. The Morgan fingerprint density at radius 3 is 2.65 bits per heavy atom. The van der Waals surface area contributed by atoms with Gasteiger partial charge in [0.25, 0.3) is 0 Å². The van der Waals surface area contributed by atoms with Gasteiger partial charge in [0.15, 0.2) is 0 Å². The molecule has 7 nitrogen and oxygen atoms in total. The molecule has 0 aromatic rings. The van der Waals surface area contributed by atoms with Gasteiger partial charge in [0, 0.05) is 32.2 Å². The van der Waals surface area contributed by atoms with Gasteiger partial charge in [-0.25, -0.2) is 4.79 Å². The van der Waals surface area contributed by atoms with E-state index in [-0.39, 0.29) is 18.5 Å². The first-order valence-electron chi connectivity index (χ1n) is 7.18. The van der Waals surface area contributed by atoms with Crippen molar-refractivity contribution < 1.29 is 19.4 Å². The molecule has 0 bridgehead atoms. The molecule has 1 aliphatic rings. The summed E-state index contributed by atoms with van der Waals surface area (Å²) in [4.78, 5) is 24.6. The highest BCUT2D eigenvalue weighted by molar-refractivity contribution is 5.75. The molecule has 1 unspecified atom stereocenters. The molecule has 0 aliphatic carbocycles. The van der Waals surface area contributed by atoms with Gasteiger partial charge >= 0.3 is 12.0 Å². The number of hydrogen-bond donors (Lipinski definition) is 3. The van der Waals surface area contributed by atoms with Gasteiger partial charge in [-0.2, -0.15) is 0 Å². The molecule has 1 saturated heterocycles. The van der Waals surface area contributed by atoms with Crippen molar-refractivity contribution in [2.75, 3.05) is 39.4 Å². The predicted octanol–water partition coefficient (Wildman–Crippen LogP) is 0.261. The van der Waals surface area contributed by atoms with Crippen LogP contribution in [0.15, 0.2) is 0 Å². The van der Waals surface area contributed by atoms with E-state index in [4.69, 9.17) is 9.84 Å². The molecule has 0 spiro atoms. The maximum atomic E-state index is 11.7. The number of urea groups is 1. The number of carboxylic acid groups (broad SMARTS) is 1. The van der Waals surface area contributed by atoms with E-state index in [9.17, 15) is 9.59 Å². The van der Waals surface area contributed by atoms with Crippen molar-refractivity contribution in [2.45, 2.75) is 32.2 Å². The zero-order valence-electron chi connectivity index (χ0n) is 12.1. The number of aliphatic carboxylic acids is 1. The minimum absolute atomic E-state index is 0.0370. The van der Waals surface area contributed by atoms with Crippen LogP contribution in [0.5, 0.6) is 0 Å². The Labute approximate surface area is 119 Å². The Balaban J connectivity index is 2.18. The third-order valence-electron chi connectivity index (χ3n) is 3.21. The minimum atomic E-state index is -0.892. The lowest BCUT2D eigenvalue weighted by Crippen LogP contribution is -2.46. The number of carboxylic acids is 1. The monoisotopic (exact) mass is 287 g/mol. The average Bonchev–Trinajstić information content (AvgIpc) is 2.39. The largest absolute Gasteiger partial charge is 0.481 e. The van der Waals surface area contributed by atoms with Gasteiger partial charge in [-0.15, -0.1) is 0 Å². The van der Waals surface area contributed by atoms with Gasteiger partial charge in [-0.05, 0) is 6.42 Å². The maximum Gasteiger partial charge on any atom is 0.315 e. The predicted molar refractivity (Wildman–Crippen MR) is 74.7 cm³/mol. The number of ether oxygens (including phenoxy) is 1. The number of amides is 2. The number of carbonyl (C=O) groups is 2. The second-order valence-electron chi connectivity index (χ2n) is 4.94. The first kappa shape index (κ1) is 16.7. The van der Waals surface area contributed by atoms with Crippen LogP contribution in [-0.4, -0.2) is 67.4 Å². The zero-order chi connectivity index (χ0) is 14.8. The van der Waals surface area contributed by atoms with Crippen molar-refractivity contribution >= 4 is 12.0 Å². The van der Waals surface area contributed by atoms with Gasteiger partial charge < -0.3 is 20.5 Å². The molecule has 116 valence electrons. The van der Waals surface area contributed by atoms with Crippen molar-refractivity contribution in [1.82, 2.24) is 15.5 Å². The van der Waals surface area contributed by atoms with Crippen molar-refractivity contribution in [1.29, 1.82) is 0 Å². The van der Waals surface area contributed by atoms with Crippen LogP contribution in [0.4, 0.5) is 4.79 Å². The fourth-order valence-electron chi connectivity index (χ4n) is 2.17. The van der Waals surface area contributed by atoms with Crippen molar-refractivity contribution in [3.63, 3.8) is 0 Å². The molecule has 2 amide bonds. The van der Waals surface area contributed by atoms with Crippen molar-refractivity contribution in [2.24, 2.45) is 0 Å². The average molecular weight is 287 g/mol. The fourth-order valence-corrected chi connectivity index (χ4v) is 2.17. The van der Waals surface area contributed by atoms with Crippen LogP contribution in [0, 0.1) is 0 Å². The lowest BCUT2D eigenvalue weighted by Gasteiger charge is -2.26. The van der Waals surface area contributed by atoms with Crippen molar-refractivity contribution in [3.8, 4) is 0 Å². The molecule has 0 aromatic heterocycles. The van der Waals surface area contributed by atoms with Gasteiger partial charge in [0.2, 0.25) is 0 Å². The van der Waals surface area contributed by atoms with E-state index in [0.29, 0.717) is 13.0 Å². The topological polar surface area (TPSA) is 90.9 Å². The van der Waals surface area contributed by atoms with E-state index in [1.165, 1.54) is 0 Å². The third kappa shape index (κ3) is 7.30. The summed E-state index contributed by atoms with van der Waals surface area (Å²) in [6, 6.07) is -0.598. The number of nitrogens with one attached hydrogen (secondary N) is 2. The molecule has 3 N–H and O–H groups in total. The molecular formula is C13H25N3O4. The summed E-state index contributed by atoms with van der Waals surface area (Å²) < 4.78 is 5.25. The van der Waals surface area contributed by atoms with Crippen LogP contribution in [0.1, 0.15) is 26.2 Å². The quantitative estimate of drug-likeness (QED) is 0.596. The highest BCUT2D eigenvalue weighted by Crippen LogP contribution is 2.01. The minimum Gasteiger partial charge on any atom is -0.481 e. The van der Waals surface area contributed by atoms with E-state index in [1.54, 1.807) is 0 Å². The summed E-state index contributed by atoms with van der Waals surface area (Å²) in [6.07, 6.45) is 1.47. The Hall–Kier alpha value is -1.34. The summed E-state index contributed by atoms with van der Waals surface area (Å²) in [6.45, 7) is 6.56. The Kier molecular flexibility index (Phi) is 7.98. The number of carbonyl (C=O) groups excluding carboxylic acids is 1. The van der Waals surface area contributed by atoms with Crippen LogP contribution < -0.4 is 10.6 Å². The van der Waals surface area contributed by atoms with E-state index >= 15 is 0 Å². The highest BCUT2D eigenvalue weighted by Gasteiger charge is 2.15. The first-order chi connectivity index (χ1) is 9.61. The smallest absolute Gasteiger partial charge is 0.315 e. The third-order valence-corrected chi connectivity index (χ3v) is 3.21. The van der Waals surface area contributed by atoms with Crippen LogP contribution >= 0.6 is 0 Å². The Bertz CT molecular complexity index is 306. The van der Waals surface area contributed by atoms with Gasteiger partial charge in [-0.1, -0.05) is 13.3 Å². The zero-order valence-corrected chi connectivity index (χ0v) is 12.1. The Morgan fingerprint density at radius 2 is 2.05 bits per heavy atom. The normalized spacial score (nSPS) is 17.4. The standard InChI is InChI=1S/C13H25N3O4/c1-2-3-11(10-12(17)18)15-13(19)14-4-5-16-6-8-20-9-7-16/h11H,2-10H2,1H3,(H,17,18)(H2,14,15,19). The summed E-state index contributed by atoms with van der Waals surface area (Å²) in [5.74, 6) is -0.892. The second kappa shape index (κ2) is 9.55. The van der Waals surface area contributed by atoms with Gasteiger partial charge in [-0.3, -0.25) is 9.69 Å². The summed E-state index contributed by atoms with van der Waals surface area (Å²) in [7, 11) is 0. The lowest BCUT2D eigenvalue weighted by atomic mass is 10.1. The number of hydrogen-bond acceptors (Lipinski definition) is 4. The van der Waals surface area contributed by atoms with Gasteiger partial charge in [0.1, 0.15) is 0 Å². The van der Waals surface area contributed by atoms with E-state index in [1.807, 2.05) is 6.92 Å². The molecule has 0 radical (unpaired) electrons. The molecule has 1 heterocycles. The molecule has 1 rings (SSSR count). The second-order valence-corrected chi connectivity index (χ2v) is 4.94. The number of nitrogens with zero attached hydrogens (tertiary/aromatic N) is 1. The summed E-state index contributed by atoms with van der Waals surface area (Å²) >= 11 is 0. The highest BCUT2D eigenvalue weighted by atomic mass is 16.5. The van der Waals surface area contributed by atoms with E-state index < -0.39 is 5.97 Å². The van der Waals surface area contributed by atoms with E-state index in [2.05, 4.69) is 15.5 Å². The Morgan fingerprint density at radius 1 is 1.35 bits per heavy atom. The molecule has 1 aliphatic heterocycles. The summed E-state index contributed by atoms with van der Waals surface area (Å²) in [5, 5.41) is 14.3. The van der Waals surface area contributed by atoms with Crippen molar-refractivity contribution in [3.05, 3.63) is 0 Å². The van der Waals surface area contributed by atoms with E-state index in [0.717, 1.165) is 39.3 Å². The molecule has 0 aromatic carbocycles. The fraction of sp³-hybridized carbons (Fsp3) is 0.846. The van der Waals surface area contributed by atoms with Crippen LogP contribution in [0.3, 0.4) is 0 Å². The molecular weight excluding hydrogens is 262 g/mol. The molecule has 7 heteroatoms. The number of rotatable bonds is 8. The van der Waals surface area contributed by atoms with Crippen LogP contribution in [0.25, 0.3) is 0 Å². The number of morpholine rings is 1. The first-order valence-corrected chi connectivity index (χ1v) is 7.18. The lowest BCUT2D eigenvalue weighted by molar-refractivity contribution is -0.137. The molecule has 1 fully saturated rings. The van der Waals surface area contributed by atoms with Crippen LogP contribution in [-0.2, 0) is 9.53 Å². The van der Waals surface area contributed by atoms with Gasteiger partial charge in [0.05, 0.1) is 19.6 Å². The molecule has 20 heavy (non-hydrogen) atoms. The molecule has 0 saturated carbocycles. The summed E-state index contributed by atoms with van der Waals surface area (Å²) in [5.41, 5.74) is 0. The SMILES string of the molecule is CCCC(CC(=O)O)NC(=O)NCCN1CCOCC1. The van der Waals surface area contributed by atoms with Crippen LogP contribution in [0.2, 0.25) is 0 Å². The maximum absolute atomic E-state index is 11.7.